The van der Waals surface area contributed by atoms with Crippen molar-refractivity contribution < 1.29 is 9.18 Å². The highest BCUT2D eigenvalue weighted by atomic mass is 19.1. The van der Waals surface area contributed by atoms with Gasteiger partial charge in [-0.15, -0.1) is 0 Å². The van der Waals surface area contributed by atoms with E-state index in [9.17, 15) is 9.18 Å². The lowest BCUT2D eigenvalue weighted by Crippen LogP contribution is -2.24. The highest BCUT2D eigenvalue weighted by molar-refractivity contribution is 5.77. The zero-order chi connectivity index (χ0) is 23.9. The summed E-state index contributed by atoms with van der Waals surface area (Å²) in [7, 11) is 0. The SMILES string of the molecule is Cc1ccc(CCCCCC(=O)NCc2nc3ccccc3n2Cc2ccccc2C)cc1F. The number of imidazole rings is 1. The lowest BCUT2D eigenvalue weighted by atomic mass is 10.0. The summed E-state index contributed by atoms with van der Waals surface area (Å²) in [5.74, 6) is 0.750. The van der Waals surface area contributed by atoms with Gasteiger partial charge in [0.1, 0.15) is 11.6 Å². The molecule has 0 fully saturated rings. The fourth-order valence-electron chi connectivity index (χ4n) is 4.24. The smallest absolute Gasteiger partial charge is 0.220 e. The first-order valence-electron chi connectivity index (χ1n) is 12.0. The number of rotatable bonds is 10. The number of fused-ring (bicyclic) bond motifs is 1. The number of hydrogen-bond donors (Lipinski definition) is 1. The Bertz CT molecular complexity index is 1280. The quantitative estimate of drug-likeness (QED) is 0.286. The van der Waals surface area contributed by atoms with Crippen LogP contribution in [0.2, 0.25) is 0 Å². The maximum atomic E-state index is 13.7. The van der Waals surface area contributed by atoms with Gasteiger partial charge in [-0.3, -0.25) is 4.79 Å². The van der Waals surface area contributed by atoms with Gasteiger partial charge in [-0.05, 0) is 73.6 Å². The van der Waals surface area contributed by atoms with Crippen molar-refractivity contribution in [1.82, 2.24) is 14.9 Å². The summed E-state index contributed by atoms with van der Waals surface area (Å²) < 4.78 is 15.9. The molecule has 0 saturated carbocycles. The zero-order valence-corrected chi connectivity index (χ0v) is 20.0. The molecule has 0 aliphatic carbocycles. The highest BCUT2D eigenvalue weighted by Gasteiger charge is 2.13. The van der Waals surface area contributed by atoms with Crippen molar-refractivity contribution in [2.75, 3.05) is 0 Å². The van der Waals surface area contributed by atoms with Crippen molar-refractivity contribution in [3.05, 3.63) is 101 Å². The van der Waals surface area contributed by atoms with Gasteiger partial charge in [0.15, 0.2) is 0 Å². The third-order valence-corrected chi connectivity index (χ3v) is 6.37. The Kier molecular flexibility index (Phi) is 7.73. The fraction of sp³-hybridized carbons (Fsp3) is 0.310. The molecule has 3 aromatic carbocycles. The Balaban J connectivity index is 1.30. The van der Waals surface area contributed by atoms with Gasteiger partial charge in [0.25, 0.3) is 0 Å². The number of para-hydroxylation sites is 2. The van der Waals surface area contributed by atoms with Gasteiger partial charge in [-0.25, -0.2) is 9.37 Å². The second kappa shape index (κ2) is 11.1. The molecule has 0 unspecified atom stereocenters. The number of benzene rings is 3. The topological polar surface area (TPSA) is 46.9 Å². The van der Waals surface area contributed by atoms with E-state index >= 15 is 0 Å². The molecule has 0 saturated heterocycles. The summed E-state index contributed by atoms with van der Waals surface area (Å²) in [4.78, 5) is 17.3. The summed E-state index contributed by atoms with van der Waals surface area (Å²) in [6, 6.07) is 21.9. The largest absolute Gasteiger partial charge is 0.349 e. The summed E-state index contributed by atoms with van der Waals surface area (Å²) in [6.45, 7) is 5.01. The van der Waals surface area contributed by atoms with Gasteiger partial charge in [0, 0.05) is 13.0 Å². The van der Waals surface area contributed by atoms with Crippen LogP contribution in [-0.2, 0) is 24.3 Å². The van der Waals surface area contributed by atoms with Gasteiger partial charge in [-0.2, -0.15) is 0 Å². The maximum absolute atomic E-state index is 13.7. The number of carbonyl (C=O) groups excluding carboxylic acids is 1. The van der Waals surface area contributed by atoms with E-state index in [1.54, 1.807) is 13.0 Å². The first kappa shape index (κ1) is 23.7. The number of nitrogens with zero attached hydrogens (tertiary/aromatic N) is 2. The van der Waals surface area contributed by atoms with Crippen LogP contribution < -0.4 is 5.32 Å². The molecule has 0 bridgehead atoms. The molecule has 1 amide bonds. The predicted octanol–water partition coefficient (Wildman–Crippen LogP) is 6.26. The molecule has 0 radical (unpaired) electrons. The van der Waals surface area contributed by atoms with Crippen LogP contribution in [0.5, 0.6) is 0 Å². The molecule has 5 heteroatoms. The van der Waals surface area contributed by atoms with E-state index in [0.717, 1.165) is 54.6 Å². The number of aryl methyl sites for hydroxylation is 3. The number of carbonyl (C=O) groups is 1. The van der Waals surface area contributed by atoms with Crippen molar-refractivity contribution in [1.29, 1.82) is 0 Å². The number of amides is 1. The molecule has 0 aliphatic rings. The van der Waals surface area contributed by atoms with Crippen molar-refractivity contribution in [3.63, 3.8) is 0 Å². The standard InChI is InChI=1S/C29H32FN3O/c1-21-10-6-7-12-24(21)20-33-27-14-9-8-13-26(27)32-28(33)19-31-29(34)15-5-3-4-11-23-17-16-22(2)25(30)18-23/h6-10,12-14,16-18H,3-5,11,15,19-20H2,1-2H3,(H,31,34). The molecule has 4 aromatic rings. The molecule has 0 spiro atoms. The third kappa shape index (κ3) is 5.90. The first-order chi connectivity index (χ1) is 16.5. The van der Waals surface area contributed by atoms with Crippen LogP contribution in [0.1, 0.15) is 53.8 Å². The normalized spacial score (nSPS) is 11.1. The molecule has 4 rings (SSSR count). The Morgan fingerprint density at radius 2 is 1.74 bits per heavy atom. The molecule has 34 heavy (non-hydrogen) atoms. The lowest BCUT2D eigenvalue weighted by molar-refractivity contribution is -0.121. The van der Waals surface area contributed by atoms with E-state index < -0.39 is 0 Å². The fourth-order valence-corrected chi connectivity index (χ4v) is 4.24. The van der Waals surface area contributed by atoms with E-state index in [4.69, 9.17) is 4.98 Å². The Morgan fingerprint density at radius 3 is 2.56 bits per heavy atom. The van der Waals surface area contributed by atoms with E-state index in [2.05, 4.69) is 41.1 Å². The molecule has 1 aromatic heterocycles. The average Bonchev–Trinajstić information content (AvgIpc) is 3.18. The third-order valence-electron chi connectivity index (χ3n) is 6.37. The monoisotopic (exact) mass is 457 g/mol. The van der Waals surface area contributed by atoms with Crippen LogP contribution in [0, 0.1) is 19.7 Å². The minimum absolute atomic E-state index is 0.0379. The summed E-state index contributed by atoms with van der Waals surface area (Å²) in [5.41, 5.74) is 6.18. The number of nitrogens with one attached hydrogen (secondary N) is 1. The van der Waals surface area contributed by atoms with E-state index in [0.29, 0.717) is 18.5 Å². The Hall–Kier alpha value is -3.47. The van der Waals surface area contributed by atoms with Crippen LogP contribution in [0.15, 0.2) is 66.7 Å². The van der Waals surface area contributed by atoms with Crippen LogP contribution in [0.3, 0.4) is 0 Å². The number of aromatic nitrogens is 2. The zero-order valence-electron chi connectivity index (χ0n) is 20.0. The van der Waals surface area contributed by atoms with E-state index in [1.807, 2.05) is 36.4 Å². The van der Waals surface area contributed by atoms with Crippen LogP contribution in [0.25, 0.3) is 11.0 Å². The van der Waals surface area contributed by atoms with Gasteiger partial charge >= 0.3 is 0 Å². The number of halogens is 1. The Morgan fingerprint density at radius 1 is 0.941 bits per heavy atom. The van der Waals surface area contributed by atoms with Gasteiger partial charge in [0.05, 0.1) is 17.6 Å². The molecule has 4 nitrogen and oxygen atoms in total. The second-order valence-corrected chi connectivity index (χ2v) is 8.95. The minimum Gasteiger partial charge on any atom is -0.349 e. The summed E-state index contributed by atoms with van der Waals surface area (Å²) in [5, 5.41) is 3.05. The molecule has 1 N–H and O–H groups in total. The van der Waals surface area contributed by atoms with Crippen LogP contribution in [-0.4, -0.2) is 15.5 Å². The first-order valence-corrected chi connectivity index (χ1v) is 12.0. The van der Waals surface area contributed by atoms with E-state index in [1.165, 1.54) is 11.1 Å². The molecular formula is C29H32FN3O. The van der Waals surface area contributed by atoms with Gasteiger partial charge < -0.3 is 9.88 Å². The highest BCUT2D eigenvalue weighted by Crippen LogP contribution is 2.19. The number of unbranched alkanes of at least 4 members (excludes halogenated alkanes) is 2. The molecule has 0 atom stereocenters. The van der Waals surface area contributed by atoms with Crippen molar-refractivity contribution >= 4 is 16.9 Å². The molecule has 176 valence electrons. The van der Waals surface area contributed by atoms with Crippen molar-refractivity contribution in [2.24, 2.45) is 0 Å². The lowest BCUT2D eigenvalue weighted by Gasteiger charge is -2.12. The summed E-state index contributed by atoms with van der Waals surface area (Å²) in [6.07, 6.45) is 4.03. The Labute approximate surface area is 200 Å². The molecule has 0 aliphatic heterocycles. The van der Waals surface area contributed by atoms with Crippen molar-refractivity contribution in [3.8, 4) is 0 Å². The average molecular weight is 458 g/mol. The summed E-state index contributed by atoms with van der Waals surface area (Å²) >= 11 is 0. The van der Waals surface area contributed by atoms with Gasteiger partial charge in [-0.1, -0.05) is 55.0 Å². The number of hydrogen-bond acceptors (Lipinski definition) is 2. The predicted molar refractivity (Wildman–Crippen MR) is 135 cm³/mol. The van der Waals surface area contributed by atoms with E-state index in [-0.39, 0.29) is 11.7 Å². The van der Waals surface area contributed by atoms with Crippen molar-refractivity contribution in [2.45, 2.75) is 59.0 Å². The van der Waals surface area contributed by atoms with Gasteiger partial charge in [0.2, 0.25) is 5.91 Å². The second-order valence-electron chi connectivity index (χ2n) is 8.95. The maximum Gasteiger partial charge on any atom is 0.220 e. The molecule has 1 heterocycles. The molecular weight excluding hydrogens is 425 g/mol. The van der Waals surface area contributed by atoms with Crippen LogP contribution >= 0.6 is 0 Å². The minimum atomic E-state index is -0.148. The van der Waals surface area contributed by atoms with Crippen LogP contribution in [0.4, 0.5) is 4.39 Å².